The Kier molecular flexibility index (Phi) is 3.04. The van der Waals surface area contributed by atoms with Crippen LogP contribution in [0.1, 0.15) is 33.1 Å². The lowest BCUT2D eigenvalue weighted by molar-refractivity contribution is -0.156. The Labute approximate surface area is 88.5 Å². The molecule has 0 saturated heterocycles. The Morgan fingerprint density at radius 2 is 2.00 bits per heavy atom. The minimum Gasteiger partial charge on any atom is -0.479 e. The number of carbonyl (C=O) groups excluding carboxylic acids is 1. The van der Waals surface area contributed by atoms with Gasteiger partial charge in [-0.2, -0.15) is 0 Å². The van der Waals surface area contributed by atoms with Crippen molar-refractivity contribution in [2.75, 3.05) is 6.54 Å². The largest absolute Gasteiger partial charge is 0.479 e. The predicted molar refractivity (Wildman–Crippen MR) is 53.2 cm³/mol. The summed E-state index contributed by atoms with van der Waals surface area (Å²) in [6.07, 6.45) is 2.68. The molecule has 0 aromatic rings. The molecule has 0 aromatic carbocycles. The van der Waals surface area contributed by atoms with Crippen molar-refractivity contribution in [3.63, 3.8) is 0 Å². The lowest BCUT2D eigenvalue weighted by Crippen LogP contribution is -2.51. The summed E-state index contributed by atoms with van der Waals surface area (Å²) in [7, 11) is 0. The van der Waals surface area contributed by atoms with Crippen LogP contribution in [0.25, 0.3) is 0 Å². The van der Waals surface area contributed by atoms with E-state index in [1.54, 1.807) is 0 Å². The van der Waals surface area contributed by atoms with Crippen LogP contribution in [0.2, 0.25) is 0 Å². The standard InChI is InChI=1S/C10H17NO4/c1-9(4-3-5-9)7(12)11-6-10(2,15)8(13)14/h15H,3-6H2,1-2H3,(H,11,12)(H,13,14). The van der Waals surface area contributed by atoms with E-state index >= 15 is 0 Å². The summed E-state index contributed by atoms with van der Waals surface area (Å²) in [6, 6.07) is 0. The molecule has 1 atom stereocenters. The van der Waals surface area contributed by atoms with Crippen molar-refractivity contribution in [2.45, 2.75) is 38.7 Å². The number of amides is 1. The fourth-order valence-corrected chi connectivity index (χ4v) is 1.48. The number of nitrogens with one attached hydrogen (secondary N) is 1. The average molecular weight is 215 g/mol. The first kappa shape index (κ1) is 12.0. The van der Waals surface area contributed by atoms with E-state index in [-0.39, 0.29) is 17.9 Å². The van der Waals surface area contributed by atoms with E-state index < -0.39 is 11.6 Å². The van der Waals surface area contributed by atoms with Crippen LogP contribution in [0.5, 0.6) is 0 Å². The molecule has 0 aromatic heterocycles. The van der Waals surface area contributed by atoms with Crippen molar-refractivity contribution in [3.05, 3.63) is 0 Å². The van der Waals surface area contributed by atoms with Crippen LogP contribution < -0.4 is 5.32 Å². The fourth-order valence-electron chi connectivity index (χ4n) is 1.48. The summed E-state index contributed by atoms with van der Waals surface area (Å²) < 4.78 is 0. The summed E-state index contributed by atoms with van der Waals surface area (Å²) in [5.74, 6) is -1.50. The molecule has 3 N–H and O–H groups in total. The summed E-state index contributed by atoms with van der Waals surface area (Å²) >= 11 is 0. The summed E-state index contributed by atoms with van der Waals surface area (Å²) in [5.41, 5.74) is -2.26. The maximum absolute atomic E-state index is 11.6. The van der Waals surface area contributed by atoms with Gasteiger partial charge in [-0.1, -0.05) is 13.3 Å². The molecule has 1 rings (SSSR count). The third-order valence-corrected chi connectivity index (χ3v) is 3.06. The van der Waals surface area contributed by atoms with Gasteiger partial charge in [-0.25, -0.2) is 4.79 Å². The average Bonchev–Trinajstić information content (AvgIpc) is 2.10. The molecule has 0 bridgehead atoms. The Balaban J connectivity index is 2.43. The molecule has 5 nitrogen and oxygen atoms in total. The number of aliphatic hydroxyl groups is 1. The van der Waals surface area contributed by atoms with Crippen molar-refractivity contribution in [3.8, 4) is 0 Å². The molecule has 5 heteroatoms. The number of hydrogen-bond donors (Lipinski definition) is 3. The van der Waals surface area contributed by atoms with Gasteiger partial charge >= 0.3 is 5.97 Å². The van der Waals surface area contributed by atoms with Gasteiger partial charge < -0.3 is 15.5 Å². The Morgan fingerprint density at radius 3 is 2.33 bits per heavy atom. The highest BCUT2D eigenvalue weighted by molar-refractivity contribution is 5.84. The van der Waals surface area contributed by atoms with Crippen LogP contribution in [0.4, 0.5) is 0 Å². The molecule has 1 saturated carbocycles. The molecule has 1 aliphatic rings. The van der Waals surface area contributed by atoms with Gasteiger partial charge in [0.15, 0.2) is 5.60 Å². The van der Waals surface area contributed by atoms with Gasteiger partial charge in [-0.3, -0.25) is 4.79 Å². The highest BCUT2D eigenvalue weighted by Crippen LogP contribution is 2.40. The zero-order valence-electron chi connectivity index (χ0n) is 9.04. The van der Waals surface area contributed by atoms with Crippen molar-refractivity contribution >= 4 is 11.9 Å². The first-order valence-corrected chi connectivity index (χ1v) is 5.02. The summed E-state index contributed by atoms with van der Waals surface area (Å²) in [4.78, 5) is 22.2. The molecular weight excluding hydrogens is 198 g/mol. The van der Waals surface area contributed by atoms with Crippen LogP contribution in [0.15, 0.2) is 0 Å². The summed E-state index contributed by atoms with van der Waals surface area (Å²) in [6.45, 7) is 2.76. The highest BCUT2D eigenvalue weighted by atomic mass is 16.4. The van der Waals surface area contributed by atoms with Gasteiger partial charge in [-0.05, 0) is 19.8 Å². The lowest BCUT2D eigenvalue weighted by Gasteiger charge is -2.37. The van der Waals surface area contributed by atoms with E-state index in [1.807, 2.05) is 6.92 Å². The highest BCUT2D eigenvalue weighted by Gasteiger charge is 2.40. The third kappa shape index (κ3) is 2.47. The van der Waals surface area contributed by atoms with Crippen LogP contribution in [-0.4, -0.2) is 34.2 Å². The molecule has 1 unspecified atom stereocenters. The minimum atomic E-state index is -1.89. The second kappa shape index (κ2) is 3.81. The van der Waals surface area contributed by atoms with E-state index in [2.05, 4.69) is 5.32 Å². The number of aliphatic carboxylic acids is 1. The van der Waals surface area contributed by atoms with Crippen LogP contribution >= 0.6 is 0 Å². The van der Waals surface area contributed by atoms with Crippen LogP contribution in [0, 0.1) is 5.41 Å². The van der Waals surface area contributed by atoms with Gasteiger partial charge in [0.2, 0.25) is 5.91 Å². The first-order valence-electron chi connectivity index (χ1n) is 5.02. The number of carbonyl (C=O) groups is 2. The second-order valence-corrected chi connectivity index (χ2v) is 4.68. The van der Waals surface area contributed by atoms with E-state index in [0.29, 0.717) is 0 Å². The molecule has 1 fully saturated rings. The van der Waals surface area contributed by atoms with Gasteiger partial charge in [0.25, 0.3) is 0 Å². The normalized spacial score (nSPS) is 22.3. The molecule has 15 heavy (non-hydrogen) atoms. The number of rotatable bonds is 4. The zero-order chi connectivity index (χ0) is 11.7. The van der Waals surface area contributed by atoms with Gasteiger partial charge in [-0.15, -0.1) is 0 Å². The zero-order valence-corrected chi connectivity index (χ0v) is 9.04. The van der Waals surface area contributed by atoms with Crippen LogP contribution in [0.3, 0.4) is 0 Å². The van der Waals surface area contributed by atoms with E-state index in [4.69, 9.17) is 5.11 Å². The second-order valence-electron chi connectivity index (χ2n) is 4.68. The van der Waals surface area contributed by atoms with Gasteiger partial charge in [0.05, 0.1) is 6.54 Å². The Morgan fingerprint density at radius 1 is 1.47 bits per heavy atom. The first-order chi connectivity index (χ1) is 6.78. The predicted octanol–water partition coefficient (Wildman–Crippen LogP) is 0.128. The molecule has 0 heterocycles. The number of hydrogen-bond acceptors (Lipinski definition) is 3. The minimum absolute atomic E-state index is 0.171. The topological polar surface area (TPSA) is 86.6 Å². The van der Waals surface area contributed by atoms with Crippen molar-refractivity contribution in [1.29, 1.82) is 0 Å². The fraction of sp³-hybridized carbons (Fsp3) is 0.800. The van der Waals surface area contributed by atoms with Crippen molar-refractivity contribution in [1.82, 2.24) is 5.32 Å². The lowest BCUT2D eigenvalue weighted by atomic mass is 9.70. The van der Waals surface area contributed by atoms with E-state index in [0.717, 1.165) is 19.3 Å². The third-order valence-electron chi connectivity index (χ3n) is 3.06. The van der Waals surface area contributed by atoms with Crippen molar-refractivity contribution < 1.29 is 19.8 Å². The number of carboxylic acids is 1. The Bertz CT molecular complexity index is 281. The molecule has 1 amide bonds. The monoisotopic (exact) mass is 215 g/mol. The molecular formula is C10H17NO4. The smallest absolute Gasteiger partial charge is 0.337 e. The van der Waals surface area contributed by atoms with Crippen molar-refractivity contribution in [2.24, 2.45) is 5.41 Å². The SMILES string of the molecule is CC(O)(CNC(=O)C1(C)CCC1)C(=O)O. The number of carboxylic acid groups (broad SMARTS) is 1. The Hall–Kier alpha value is -1.10. The summed E-state index contributed by atoms with van der Waals surface area (Å²) in [5, 5.41) is 20.5. The van der Waals surface area contributed by atoms with Crippen LogP contribution in [-0.2, 0) is 9.59 Å². The maximum Gasteiger partial charge on any atom is 0.337 e. The molecule has 86 valence electrons. The van der Waals surface area contributed by atoms with Gasteiger partial charge in [0, 0.05) is 5.41 Å². The van der Waals surface area contributed by atoms with Gasteiger partial charge in [0.1, 0.15) is 0 Å². The van der Waals surface area contributed by atoms with E-state index in [9.17, 15) is 14.7 Å². The van der Waals surface area contributed by atoms with E-state index in [1.165, 1.54) is 6.92 Å². The quantitative estimate of drug-likeness (QED) is 0.622. The molecule has 0 aliphatic heterocycles. The molecule has 0 spiro atoms. The maximum atomic E-state index is 11.6. The molecule has 1 aliphatic carbocycles. The molecule has 0 radical (unpaired) electrons.